The molecule has 2 aliphatic rings. The molecule has 0 atom stereocenters. The number of methoxy groups -OCH3 is 1. The lowest BCUT2D eigenvalue weighted by Crippen LogP contribution is -2.47. The maximum Gasteiger partial charge on any atom is 0.0601 e. The van der Waals surface area contributed by atoms with Gasteiger partial charge in [-0.3, -0.25) is 0 Å². The predicted molar refractivity (Wildman–Crippen MR) is 61.8 cm³/mol. The SMILES string of the molecule is COC1CC(NCC2CCC(N)CC2)C1. The van der Waals surface area contributed by atoms with Crippen LogP contribution >= 0.6 is 0 Å². The van der Waals surface area contributed by atoms with Gasteiger partial charge in [0.1, 0.15) is 0 Å². The molecule has 2 fully saturated rings. The van der Waals surface area contributed by atoms with E-state index in [1.165, 1.54) is 45.1 Å². The molecule has 2 saturated carbocycles. The summed E-state index contributed by atoms with van der Waals surface area (Å²) in [5.41, 5.74) is 5.89. The largest absolute Gasteiger partial charge is 0.381 e. The zero-order chi connectivity index (χ0) is 10.7. The highest BCUT2D eigenvalue weighted by molar-refractivity contribution is 4.87. The van der Waals surface area contributed by atoms with Crippen LogP contribution in [0.5, 0.6) is 0 Å². The first-order chi connectivity index (χ1) is 7.28. The van der Waals surface area contributed by atoms with Crippen molar-refractivity contribution in [2.24, 2.45) is 11.7 Å². The molecule has 3 N–H and O–H groups in total. The van der Waals surface area contributed by atoms with Crippen molar-refractivity contribution in [2.45, 2.75) is 56.7 Å². The van der Waals surface area contributed by atoms with Crippen molar-refractivity contribution in [2.75, 3.05) is 13.7 Å². The molecule has 88 valence electrons. The van der Waals surface area contributed by atoms with Crippen LogP contribution in [0.1, 0.15) is 38.5 Å². The topological polar surface area (TPSA) is 47.3 Å². The normalized spacial score (nSPS) is 41.2. The van der Waals surface area contributed by atoms with Gasteiger partial charge in [0, 0.05) is 19.2 Å². The Morgan fingerprint density at radius 1 is 1.20 bits per heavy atom. The van der Waals surface area contributed by atoms with Crippen molar-refractivity contribution in [3.63, 3.8) is 0 Å². The fraction of sp³-hybridized carbons (Fsp3) is 1.00. The van der Waals surface area contributed by atoms with E-state index >= 15 is 0 Å². The van der Waals surface area contributed by atoms with Crippen LogP contribution in [0.25, 0.3) is 0 Å². The third kappa shape index (κ3) is 3.16. The Morgan fingerprint density at radius 2 is 1.87 bits per heavy atom. The van der Waals surface area contributed by atoms with E-state index in [0.29, 0.717) is 18.2 Å². The van der Waals surface area contributed by atoms with Gasteiger partial charge < -0.3 is 15.8 Å². The van der Waals surface area contributed by atoms with Crippen molar-refractivity contribution in [3.8, 4) is 0 Å². The quantitative estimate of drug-likeness (QED) is 0.738. The lowest BCUT2D eigenvalue weighted by molar-refractivity contribution is 0.0160. The fourth-order valence-electron chi connectivity index (χ4n) is 2.65. The summed E-state index contributed by atoms with van der Waals surface area (Å²) >= 11 is 0. The number of rotatable bonds is 4. The van der Waals surface area contributed by atoms with E-state index in [9.17, 15) is 0 Å². The van der Waals surface area contributed by atoms with Gasteiger partial charge in [0.05, 0.1) is 6.10 Å². The minimum atomic E-state index is 0.475. The summed E-state index contributed by atoms with van der Waals surface area (Å²) in [6.45, 7) is 1.19. The summed E-state index contributed by atoms with van der Waals surface area (Å²) in [6, 6.07) is 1.19. The van der Waals surface area contributed by atoms with E-state index in [4.69, 9.17) is 10.5 Å². The van der Waals surface area contributed by atoms with Crippen LogP contribution < -0.4 is 11.1 Å². The summed E-state index contributed by atoms with van der Waals surface area (Å²) in [7, 11) is 1.81. The van der Waals surface area contributed by atoms with Gasteiger partial charge in [0.15, 0.2) is 0 Å². The zero-order valence-corrected chi connectivity index (χ0v) is 9.74. The van der Waals surface area contributed by atoms with Gasteiger partial charge in [0.25, 0.3) is 0 Å². The van der Waals surface area contributed by atoms with Crippen LogP contribution in [0.3, 0.4) is 0 Å². The maximum atomic E-state index is 5.89. The molecule has 0 amide bonds. The monoisotopic (exact) mass is 212 g/mol. The molecule has 3 heteroatoms. The standard InChI is InChI=1S/C12H24N2O/c1-15-12-6-11(7-12)14-8-9-2-4-10(13)5-3-9/h9-12,14H,2-8,13H2,1H3. The molecule has 0 aromatic carbocycles. The zero-order valence-electron chi connectivity index (χ0n) is 9.74. The van der Waals surface area contributed by atoms with Crippen molar-refractivity contribution in [1.29, 1.82) is 0 Å². The fourth-order valence-corrected chi connectivity index (χ4v) is 2.65. The van der Waals surface area contributed by atoms with Gasteiger partial charge in [0.2, 0.25) is 0 Å². The molecule has 0 unspecified atom stereocenters. The second kappa shape index (κ2) is 5.28. The minimum Gasteiger partial charge on any atom is -0.381 e. The highest BCUT2D eigenvalue weighted by Crippen LogP contribution is 2.25. The predicted octanol–water partition coefficient (Wildman–Crippen LogP) is 1.27. The molecule has 0 radical (unpaired) electrons. The molecular formula is C12H24N2O. The molecule has 0 bridgehead atoms. The van der Waals surface area contributed by atoms with Crippen molar-refractivity contribution >= 4 is 0 Å². The second-order valence-electron chi connectivity index (χ2n) is 5.22. The van der Waals surface area contributed by atoms with Gasteiger partial charge in [-0.05, 0) is 51.0 Å². The number of hydrogen-bond donors (Lipinski definition) is 2. The number of nitrogens with two attached hydrogens (primary N) is 1. The van der Waals surface area contributed by atoms with Crippen molar-refractivity contribution in [1.82, 2.24) is 5.32 Å². The van der Waals surface area contributed by atoms with E-state index in [1.54, 1.807) is 0 Å². The first-order valence-corrected chi connectivity index (χ1v) is 6.29. The Bertz CT molecular complexity index is 184. The van der Waals surface area contributed by atoms with Gasteiger partial charge >= 0.3 is 0 Å². The van der Waals surface area contributed by atoms with Gasteiger partial charge in [-0.15, -0.1) is 0 Å². The van der Waals surface area contributed by atoms with Gasteiger partial charge in [-0.1, -0.05) is 0 Å². The average molecular weight is 212 g/mol. The highest BCUT2D eigenvalue weighted by atomic mass is 16.5. The highest BCUT2D eigenvalue weighted by Gasteiger charge is 2.29. The van der Waals surface area contributed by atoms with Crippen LogP contribution in [0.15, 0.2) is 0 Å². The summed E-state index contributed by atoms with van der Waals surface area (Å²) in [5.74, 6) is 0.867. The van der Waals surface area contributed by atoms with Gasteiger partial charge in [-0.2, -0.15) is 0 Å². The Kier molecular flexibility index (Phi) is 4.00. The third-order valence-electron chi connectivity index (χ3n) is 4.01. The Balaban J connectivity index is 1.55. The number of ether oxygens (including phenoxy) is 1. The Hall–Kier alpha value is -0.120. The van der Waals surface area contributed by atoms with E-state index in [0.717, 1.165) is 5.92 Å². The van der Waals surface area contributed by atoms with E-state index in [2.05, 4.69) is 5.32 Å². The van der Waals surface area contributed by atoms with Crippen LogP contribution in [-0.4, -0.2) is 31.8 Å². The molecular weight excluding hydrogens is 188 g/mol. The summed E-state index contributed by atoms with van der Waals surface area (Å²) < 4.78 is 5.27. The third-order valence-corrected chi connectivity index (χ3v) is 4.01. The molecule has 0 aromatic rings. The molecule has 0 aromatic heterocycles. The molecule has 15 heavy (non-hydrogen) atoms. The molecule has 0 heterocycles. The smallest absolute Gasteiger partial charge is 0.0601 e. The summed E-state index contributed by atoms with van der Waals surface area (Å²) in [6.07, 6.45) is 7.98. The molecule has 3 nitrogen and oxygen atoms in total. The lowest BCUT2D eigenvalue weighted by atomic mass is 9.85. The Labute approximate surface area is 92.7 Å². The first kappa shape index (κ1) is 11.4. The van der Waals surface area contributed by atoms with Crippen molar-refractivity contribution < 1.29 is 4.74 Å². The first-order valence-electron chi connectivity index (χ1n) is 6.29. The van der Waals surface area contributed by atoms with Crippen LogP contribution in [0.4, 0.5) is 0 Å². The molecule has 0 saturated heterocycles. The van der Waals surface area contributed by atoms with E-state index < -0.39 is 0 Å². The second-order valence-corrected chi connectivity index (χ2v) is 5.22. The molecule has 0 aliphatic heterocycles. The van der Waals surface area contributed by atoms with Crippen molar-refractivity contribution in [3.05, 3.63) is 0 Å². The average Bonchev–Trinajstić information content (AvgIpc) is 2.19. The summed E-state index contributed by atoms with van der Waals surface area (Å²) in [5, 5.41) is 3.65. The molecule has 2 aliphatic carbocycles. The number of nitrogens with one attached hydrogen (secondary N) is 1. The lowest BCUT2D eigenvalue weighted by Gasteiger charge is -2.36. The molecule has 2 rings (SSSR count). The molecule has 0 spiro atoms. The van der Waals surface area contributed by atoms with Gasteiger partial charge in [-0.25, -0.2) is 0 Å². The number of hydrogen-bond acceptors (Lipinski definition) is 3. The Morgan fingerprint density at radius 3 is 2.47 bits per heavy atom. The van der Waals surface area contributed by atoms with Crippen LogP contribution in [-0.2, 0) is 4.74 Å². The van der Waals surface area contributed by atoms with E-state index in [-0.39, 0.29) is 0 Å². The maximum absolute atomic E-state index is 5.89. The van der Waals surface area contributed by atoms with Crippen LogP contribution in [0, 0.1) is 5.92 Å². The summed E-state index contributed by atoms with van der Waals surface area (Å²) in [4.78, 5) is 0. The minimum absolute atomic E-state index is 0.475. The van der Waals surface area contributed by atoms with E-state index in [1.807, 2.05) is 7.11 Å². The van der Waals surface area contributed by atoms with Crippen LogP contribution in [0.2, 0.25) is 0 Å².